The second-order valence-corrected chi connectivity index (χ2v) is 8.78. The zero-order valence-corrected chi connectivity index (χ0v) is 21.0. The van der Waals surface area contributed by atoms with Crippen molar-refractivity contribution < 1.29 is 19.4 Å². The number of nitrogens with zero attached hydrogens (tertiary/aromatic N) is 6. The third-order valence-corrected chi connectivity index (χ3v) is 6.21. The molecule has 1 N–H and O–H groups in total. The molecule has 194 valence electrons. The highest BCUT2D eigenvalue weighted by Crippen LogP contribution is 2.26. The van der Waals surface area contributed by atoms with Gasteiger partial charge in [0.2, 0.25) is 0 Å². The van der Waals surface area contributed by atoms with Crippen molar-refractivity contribution in [1.82, 2.24) is 29.1 Å². The molecule has 2 aliphatic rings. The summed E-state index contributed by atoms with van der Waals surface area (Å²) in [5.74, 6) is 1.35. The van der Waals surface area contributed by atoms with Crippen LogP contribution in [-0.4, -0.2) is 54.4 Å². The molecule has 0 unspecified atom stereocenters. The highest BCUT2D eigenvalue weighted by Gasteiger charge is 2.23. The van der Waals surface area contributed by atoms with Crippen LogP contribution >= 0.6 is 0 Å². The lowest BCUT2D eigenvalue weighted by Gasteiger charge is -2.06. The lowest BCUT2D eigenvalue weighted by atomic mass is 10.2. The smallest absolute Gasteiger partial charge is 0.350 e. The maximum atomic E-state index is 13.0. The van der Waals surface area contributed by atoms with Crippen molar-refractivity contribution in [3.8, 4) is 23.0 Å². The second kappa shape index (κ2) is 10.7. The Kier molecular flexibility index (Phi) is 6.98. The SMILES string of the molecule is COc1ccc(Cn2c3nc(CCCC(=O)O)nc4c(ncn4Cc4ccc(OC)cc4)c-3nc2=O)cc1. The van der Waals surface area contributed by atoms with Crippen LogP contribution in [0.4, 0.5) is 0 Å². The molecule has 11 heteroatoms. The van der Waals surface area contributed by atoms with Gasteiger partial charge in [-0.2, -0.15) is 4.98 Å². The van der Waals surface area contributed by atoms with E-state index in [1.165, 1.54) is 4.57 Å². The molecule has 1 aromatic heterocycles. The highest BCUT2D eigenvalue weighted by atomic mass is 16.5. The largest absolute Gasteiger partial charge is 0.497 e. The number of rotatable bonds is 10. The van der Waals surface area contributed by atoms with Crippen molar-refractivity contribution >= 4 is 17.1 Å². The van der Waals surface area contributed by atoms with Crippen molar-refractivity contribution in [3.05, 3.63) is 82.3 Å². The summed E-state index contributed by atoms with van der Waals surface area (Å²) in [7, 11) is 3.21. The summed E-state index contributed by atoms with van der Waals surface area (Å²) in [5.41, 5.74) is 2.75. The molecule has 0 fully saturated rings. The van der Waals surface area contributed by atoms with E-state index in [9.17, 15) is 9.59 Å². The van der Waals surface area contributed by atoms with E-state index in [-0.39, 0.29) is 13.0 Å². The summed E-state index contributed by atoms with van der Waals surface area (Å²) < 4.78 is 13.8. The van der Waals surface area contributed by atoms with Gasteiger partial charge in [-0.15, -0.1) is 0 Å². The van der Waals surface area contributed by atoms with Gasteiger partial charge in [0.25, 0.3) is 0 Å². The number of carboxylic acid groups (broad SMARTS) is 1. The number of aromatic nitrogens is 6. The average Bonchev–Trinajstić information content (AvgIpc) is 3.39. The summed E-state index contributed by atoms with van der Waals surface area (Å²) in [5, 5.41) is 9.12. The summed E-state index contributed by atoms with van der Waals surface area (Å²) in [6.45, 7) is 0.726. The van der Waals surface area contributed by atoms with Crippen LogP contribution in [0.5, 0.6) is 11.5 Å². The third kappa shape index (κ3) is 5.17. The molecule has 38 heavy (non-hydrogen) atoms. The number of methoxy groups -OCH3 is 2. The summed E-state index contributed by atoms with van der Waals surface area (Å²) in [6, 6.07) is 15.1. The van der Waals surface area contributed by atoms with E-state index in [4.69, 9.17) is 24.5 Å². The molecular weight excluding hydrogens is 488 g/mol. The Morgan fingerprint density at radius 1 is 0.895 bits per heavy atom. The maximum absolute atomic E-state index is 13.0. The van der Waals surface area contributed by atoms with E-state index in [1.54, 1.807) is 20.5 Å². The Hall–Kier alpha value is -4.80. The Bertz CT molecular complexity index is 1610. The first-order valence-electron chi connectivity index (χ1n) is 12.0. The lowest BCUT2D eigenvalue weighted by molar-refractivity contribution is -0.137. The van der Waals surface area contributed by atoms with Gasteiger partial charge in [-0.05, 0) is 41.8 Å². The van der Waals surface area contributed by atoms with Gasteiger partial charge in [0.1, 0.15) is 28.5 Å². The van der Waals surface area contributed by atoms with E-state index in [2.05, 4.69) is 9.97 Å². The van der Waals surface area contributed by atoms with E-state index < -0.39 is 11.7 Å². The third-order valence-electron chi connectivity index (χ3n) is 6.21. The molecular formula is C27H26N6O5. The Balaban J connectivity index is 1.58. The summed E-state index contributed by atoms with van der Waals surface area (Å²) >= 11 is 0. The fraction of sp³-hybridized carbons (Fsp3) is 0.259. The number of hydrogen-bond acceptors (Lipinski definition) is 8. The minimum absolute atomic E-state index is 0.0166. The minimum Gasteiger partial charge on any atom is -0.497 e. The van der Waals surface area contributed by atoms with E-state index in [0.717, 1.165) is 16.9 Å². The molecule has 5 rings (SSSR count). The van der Waals surface area contributed by atoms with Crippen LogP contribution in [0.1, 0.15) is 29.8 Å². The average molecular weight is 515 g/mol. The zero-order chi connectivity index (χ0) is 26.6. The van der Waals surface area contributed by atoms with Crippen LogP contribution in [0.25, 0.3) is 22.7 Å². The van der Waals surface area contributed by atoms with Gasteiger partial charge in [-0.1, -0.05) is 24.3 Å². The molecule has 2 aliphatic heterocycles. The molecule has 0 bridgehead atoms. The molecule has 0 spiro atoms. The number of carboxylic acids is 1. The monoisotopic (exact) mass is 514 g/mol. The first-order chi connectivity index (χ1) is 18.4. The topological polar surface area (TPSA) is 134 Å². The normalized spacial score (nSPS) is 11.2. The van der Waals surface area contributed by atoms with Crippen LogP contribution in [-0.2, 0) is 24.3 Å². The fourth-order valence-corrected chi connectivity index (χ4v) is 4.24. The number of ether oxygens (including phenoxy) is 2. The van der Waals surface area contributed by atoms with Gasteiger partial charge in [-0.3, -0.25) is 9.36 Å². The van der Waals surface area contributed by atoms with Crippen LogP contribution in [0, 0.1) is 0 Å². The Morgan fingerprint density at radius 3 is 2.13 bits per heavy atom. The second-order valence-electron chi connectivity index (χ2n) is 8.78. The predicted molar refractivity (Wildman–Crippen MR) is 139 cm³/mol. The van der Waals surface area contributed by atoms with Crippen molar-refractivity contribution in [3.63, 3.8) is 0 Å². The predicted octanol–water partition coefficient (Wildman–Crippen LogP) is 3.01. The highest BCUT2D eigenvalue weighted by molar-refractivity contribution is 5.85. The molecule has 2 aromatic carbocycles. The van der Waals surface area contributed by atoms with E-state index in [1.807, 2.05) is 53.1 Å². The quantitative estimate of drug-likeness (QED) is 0.298. The fourth-order valence-electron chi connectivity index (χ4n) is 4.24. The lowest BCUT2D eigenvalue weighted by Crippen LogP contribution is -2.18. The van der Waals surface area contributed by atoms with Crippen LogP contribution in [0.2, 0.25) is 0 Å². The summed E-state index contributed by atoms with van der Waals surface area (Å²) in [4.78, 5) is 42.5. The van der Waals surface area contributed by atoms with Crippen molar-refractivity contribution in [2.45, 2.75) is 32.4 Å². The number of imidazole rings is 2. The first kappa shape index (κ1) is 24.9. The standard InChI is InChI=1S/C27H26N6O5/c1-37-19-10-6-17(7-11-19)14-32-16-28-23-24-26(30-21(29-25(23)32)4-3-5-22(34)35)33(27(36)31-24)15-18-8-12-20(38-2)13-9-18/h6-13,16H,3-5,14-15H2,1-2H3,(H,34,35). The molecule has 3 aromatic rings. The zero-order valence-electron chi connectivity index (χ0n) is 21.0. The number of aryl methyl sites for hydroxylation is 1. The van der Waals surface area contributed by atoms with Crippen molar-refractivity contribution in [1.29, 1.82) is 0 Å². The van der Waals surface area contributed by atoms with Crippen LogP contribution in [0.15, 0.2) is 59.7 Å². The Labute approximate surface area is 217 Å². The van der Waals surface area contributed by atoms with E-state index >= 15 is 0 Å². The number of fused-ring (bicyclic) bond motifs is 3. The van der Waals surface area contributed by atoms with Crippen molar-refractivity contribution in [2.24, 2.45) is 0 Å². The molecule has 0 aliphatic carbocycles. The van der Waals surface area contributed by atoms with Gasteiger partial charge in [-0.25, -0.2) is 19.7 Å². The van der Waals surface area contributed by atoms with Gasteiger partial charge >= 0.3 is 11.7 Å². The molecule has 0 amide bonds. The van der Waals surface area contributed by atoms with Crippen LogP contribution < -0.4 is 15.2 Å². The minimum atomic E-state index is -0.892. The van der Waals surface area contributed by atoms with E-state index in [0.29, 0.717) is 53.6 Å². The number of carbonyl (C=O) groups is 1. The van der Waals surface area contributed by atoms with Gasteiger partial charge in [0, 0.05) is 12.8 Å². The van der Waals surface area contributed by atoms with Gasteiger partial charge < -0.3 is 19.1 Å². The molecule has 11 nitrogen and oxygen atoms in total. The number of hydrogen-bond donors (Lipinski definition) is 1. The summed E-state index contributed by atoms with van der Waals surface area (Å²) in [6.07, 6.45) is 2.32. The molecule has 0 atom stereocenters. The molecule has 0 radical (unpaired) electrons. The van der Waals surface area contributed by atoms with Crippen LogP contribution in [0.3, 0.4) is 0 Å². The Morgan fingerprint density at radius 2 is 1.53 bits per heavy atom. The number of benzene rings is 2. The van der Waals surface area contributed by atoms with Gasteiger partial charge in [0.05, 0.1) is 33.6 Å². The maximum Gasteiger partial charge on any atom is 0.350 e. The molecule has 0 saturated heterocycles. The first-order valence-corrected chi connectivity index (χ1v) is 12.0. The van der Waals surface area contributed by atoms with Crippen molar-refractivity contribution in [2.75, 3.05) is 14.2 Å². The number of aliphatic carboxylic acids is 1. The van der Waals surface area contributed by atoms with Gasteiger partial charge in [0.15, 0.2) is 11.5 Å². The molecule has 3 heterocycles. The molecule has 0 saturated carbocycles.